The summed E-state index contributed by atoms with van der Waals surface area (Å²) in [5.74, 6) is -0.737. The number of rotatable bonds is 11. The van der Waals surface area contributed by atoms with Crippen LogP contribution in [0.25, 0.3) is 0 Å². The van der Waals surface area contributed by atoms with Gasteiger partial charge in [-0.3, -0.25) is 4.79 Å². The largest absolute Gasteiger partial charge is 0.480 e. The highest BCUT2D eigenvalue weighted by atomic mass is 79.9. The number of unbranched alkanes of at least 4 members (excludes halogenated alkanes) is 8. The minimum absolute atomic E-state index is 0.350. The molecule has 0 spiro atoms. The van der Waals surface area contributed by atoms with Gasteiger partial charge in [0, 0.05) is 0 Å². The van der Waals surface area contributed by atoms with Crippen molar-refractivity contribution in [2.24, 2.45) is 0 Å². The summed E-state index contributed by atoms with van der Waals surface area (Å²) in [6.45, 7) is 2.24. The highest BCUT2D eigenvalue weighted by Gasteiger charge is 2.11. The minimum atomic E-state index is -0.737. The van der Waals surface area contributed by atoms with E-state index in [0.717, 1.165) is 12.8 Å². The number of hydrogen-bond acceptors (Lipinski definition) is 1. The Labute approximate surface area is 108 Å². The van der Waals surface area contributed by atoms with Crippen LogP contribution in [0.4, 0.5) is 0 Å². The fourth-order valence-corrected chi connectivity index (χ4v) is 2.08. The van der Waals surface area contributed by atoms with Crippen LogP contribution >= 0.6 is 15.9 Å². The van der Waals surface area contributed by atoms with Gasteiger partial charge in [-0.2, -0.15) is 0 Å². The molecule has 0 aliphatic rings. The molecular formula is C13H25BrO2. The third-order valence-corrected chi connectivity index (χ3v) is 3.68. The van der Waals surface area contributed by atoms with Crippen LogP contribution < -0.4 is 0 Å². The Kier molecular flexibility index (Phi) is 11.4. The van der Waals surface area contributed by atoms with Gasteiger partial charge in [0.1, 0.15) is 4.83 Å². The third-order valence-electron chi connectivity index (χ3n) is 2.83. The first-order valence-electron chi connectivity index (χ1n) is 6.55. The highest BCUT2D eigenvalue weighted by Crippen LogP contribution is 2.14. The molecule has 0 radical (unpaired) electrons. The summed E-state index contributed by atoms with van der Waals surface area (Å²) in [5.41, 5.74) is 0. The van der Waals surface area contributed by atoms with Crippen LogP contribution in [-0.2, 0) is 4.79 Å². The van der Waals surface area contributed by atoms with E-state index in [0.29, 0.717) is 0 Å². The molecule has 0 amide bonds. The van der Waals surface area contributed by atoms with E-state index >= 15 is 0 Å². The van der Waals surface area contributed by atoms with Crippen molar-refractivity contribution in [2.45, 2.75) is 76.0 Å². The number of carboxylic acid groups (broad SMARTS) is 1. The molecule has 3 heteroatoms. The lowest BCUT2D eigenvalue weighted by Crippen LogP contribution is -2.11. The normalized spacial score (nSPS) is 12.6. The molecular weight excluding hydrogens is 268 g/mol. The maximum atomic E-state index is 10.5. The highest BCUT2D eigenvalue weighted by molar-refractivity contribution is 9.10. The number of halogens is 1. The van der Waals surface area contributed by atoms with Gasteiger partial charge in [-0.15, -0.1) is 0 Å². The van der Waals surface area contributed by atoms with Crippen LogP contribution in [0.5, 0.6) is 0 Å². The van der Waals surface area contributed by atoms with Crippen molar-refractivity contribution in [3.05, 3.63) is 0 Å². The molecule has 16 heavy (non-hydrogen) atoms. The second kappa shape index (κ2) is 11.4. The van der Waals surface area contributed by atoms with Crippen molar-refractivity contribution in [2.75, 3.05) is 0 Å². The van der Waals surface area contributed by atoms with Crippen molar-refractivity contribution in [1.82, 2.24) is 0 Å². The van der Waals surface area contributed by atoms with E-state index in [-0.39, 0.29) is 4.83 Å². The van der Waals surface area contributed by atoms with Gasteiger partial charge >= 0.3 is 5.97 Å². The van der Waals surface area contributed by atoms with Gasteiger partial charge in [0.2, 0.25) is 0 Å². The van der Waals surface area contributed by atoms with Gasteiger partial charge < -0.3 is 5.11 Å². The molecule has 2 nitrogen and oxygen atoms in total. The molecule has 96 valence electrons. The van der Waals surface area contributed by atoms with Crippen LogP contribution in [0.15, 0.2) is 0 Å². The van der Waals surface area contributed by atoms with Gasteiger partial charge in [-0.1, -0.05) is 80.6 Å². The second-order valence-electron chi connectivity index (χ2n) is 4.42. The molecule has 0 aromatic carbocycles. The average molecular weight is 293 g/mol. The molecule has 0 heterocycles. The smallest absolute Gasteiger partial charge is 0.317 e. The van der Waals surface area contributed by atoms with E-state index in [9.17, 15) is 4.79 Å². The van der Waals surface area contributed by atoms with Gasteiger partial charge in [0.05, 0.1) is 0 Å². The maximum absolute atomic E-state index is 10.5. The molecule has 0 aromatic rings. The maximum Gasteiger partial charge on any atom is 0.317 e. The summed E-state index contributed by atoms with van der Waals surface area (Å²) in [4.78, 5) is 10.2. The average Bonchev–Trinajstić information content (AvgIpc) is 2.26. The SMILES string of the molecule is CCCCCCCCCCC[C@@H](Br)C(=O)O. The van der Waals surface area contributed by atoms with Crippen molar-refractivity contribution in [1.29, 1.82) is 0 Å². The van der Waals surface area contributed by atoms with Crippen molar-refractivity contribution in [3.63, 3.8) is 0 Å². The fourth-order valence-electron chi connectivity index (χ4n) is 1.76. The molecule has 0 rings (SSSR count). The molecule has 0 aliphatic heterocycles. The van der Waals surface area contributed by atoms with Gasteiger partial charge in [-0.25, -0.2) is 0 Å². The zero-order valence-corrected chi connectivity index (χ0v) is 12.0. The second-order valence-corrected chi connectivity index (χ2v) is 5.53. The quantitative estimate of drug-likeness (QED) is 0.440. The number of carbonyl (C=O) groups is 1. The first kappa shape index (κ1) is 16.0. The number of aliphatic carboxylic acids is 1. The van der Waals surface area contributed by atoms with Crippen LogP contribution in [0.2, 0.25) is 0 Å². The Balaban J connectivity index is 3.07. The molecule has 0 bridgehead atoms. The Hall–Kier alpha value is -0.0500. The van der Waals surface area contributed by atoms with Crippen LogP contribution in [0.1, 0.15) is 71.1 Å². The Morgan fingerprint density at radius 2 is 1.44 bits per heavy atom. The van der Waals surface area contributed by atoms with Crippen molar-refractivity contribution < 1.29 is 9.90 Å². The minimum Gasteiger partial charge on any atom is -0.480 e. The van der Waals surface area contributed by atoms with E-state index in [2.05, 4.69) is 22.9 Å². The predicted octanol–water partition coefficient (Wildman–Crippen LogP) is 4.76. The first-order valence-corrected chi connectivity index (χ1v) is 7.47. The van der Waals surface area contributed by atoms with Crippen molar-refractivity contribution in [3.8, 4) is 0 Å². The van der Waals surface area contributed by atoms with Crippen molar-refractivity contribution >= 4 is 21.9 Å². The number of alkyl halides is 1. The molecule has 0 aromatic heterocycles. The lowest BCUT2D eigenvalue weighted by atomic mass is 10.1. The van der Waals surface area contributed by atoms with E-state index in [4.69, 9.17) is 5.11 Å². The van der Waals surface area contributed by atoms with Gasteiger partial charge in [0.25, 0.3) is 0 Å². The van der Waals surface area contributed by atoms with E-state index in [1.807, 2.05) is 0 Å². The zero-order valence-electron chi connectivity index (χ0n) is 10.4. The van der Waals surface area contributed by atoms with Crippen LogP contribution in [-0.4, -0.2) is 15.9 Å². The molecule has 0 saturated heterocycles. The molecule has 1 atom stereocenters. The molecule has 0 aliphatic carbocycles. The molecule has 1 N–H and O–H groups in total. The molecule has 0 unspecified atom stereocenters. The summed E-state index contributed by atoms with van der Waals surface area (Å²) in [6.07, 6.45) is 12.3. The Bertz CT molecular complexity index is 171. The fraction of sp³-hybridized carbons (Fsp3) is 0.923. The predicted molar refractivity (Wildman–Crippen MR) is 72.2 cm³/mol. The standard InChI is InChI=1S/C13H25BrO2/c1-2-3-4-5-6-7-8-9-10-11-12(14)13(15)16/h12H,2-11H2,1H3,(H,15,16)/t12-/m1/s1. The van der Waals surface area contributed by atoms with E-state index in [1.54, 1.807) is 0 Å². The summed E-state index contributed by atoms with van der Waals surface area (Å²) in [7, 11) is 0. The summed E-state index contributed by atoms with van der Waals surface area (Å²) in [5, 5.41) is 8.66. The molecule has 0 fully saturated rings. The first-order chi connectivity index (χ1) is 7.68. The Morgan fingerprint density at radius 3 is 1.88 bits per heavy atom. The van der Waals surface area contributed by atoms with Gasteiger partial charge in [-0.05, 0) is 6.42 Å². The Morgan fingerprint density at radius 1 is 1.00 bits per heavy atom. The lowest BCUT2D eigenvalue weighted by molar-refractivity contribution is -0.136. The van der Waals surface area contributed by atoms with E-state index < -0.39 is 5.97 Å². The lowest BCUT2D eigenvalue weighted by Gasteiger charge is -2.04. The zero-order chi connectivity index (χ0) is 12.2. The molecule has 0 saturated carbocycles. The summed E-state index contributed by atoms with van der Waals surface area (Å²) < 4.78 is 0. The summed E-state index contributed by atoms with van der Waals surface area (Å²) >= 11 is 3.15. The van der Waals surface area contributed by atoms with Crippen LogP contribution in [0, 0.1) is 0 Å². The topological polar surface area (TPSA) is 37.3 Å². The third kappa shape index (κ3) is 10.5. The van der Waals surface area contributed by atoms with Gasteiger partial charge in [0.15, 0.2) is 0 Å². The summed E-state index contributed by atoms with van der Waals surface area (Å²) in [6, 6.07) is 0. The number of carboxylic acids is 1. The van der Waals surface area contributed by atoms with Crippen LogP contribution in [0.3, 0.4) is 0 Å². The van der Waals surface area contributed by atoms with E-state index in [1.165, 1.54) is 51.4 Å². The monoisotopic (exact) mass is 292 g/mol. The number of hydrogen-bond donors (Lipinski definition) is 1.